The molecule has 0 spiro atoms. The van der Waals surface area contributed by atoms with Gasteiger partial charge in [-0.05, 0) is 44.0 Å². The quantitative estimate of drug-likeness (QED) is 0.372. The first-order valence-electron chi connectivity index (χ1n) is 11.3. The summed E-state index contributed by atoms with van der Waals surface area (Å²) < 4.78 is 8.35. The third-order valence-corrected chi connectivity index (χ3v) is 6.18. The van der Waals surface area contributed by atoms with Crippen LogP contribution in [-0.4, -0.2) is 56.4 Å². The average Bonchev–Trinajstić information content (AvgIpc) is 3.27. The summed E-state index contributed by atoms with van der Waals surface area (Å²) in [5.74, 6) is 0.0917. The fraction of sp³-hybridized carbons (Fsp3) is 0.292. The van der Waals surface area contributed by atoms with Crippen molar-refractivity contribution in [2.75, 3.05) is 24.8 Å². The molecule has 11 nitrogen and oxygen atoms in total. The van der Waals surface area contributed by atoms with Gasteiger partial charge in [0.15, 0.2) is 17.2 Å². The van der Waals surface area contributed by atoms with Crippen LogP contribution >= 0.6 is 0 Å². The molecule has 4 aromatic heterocycles. The molecule has 0 radical (unpaired) electrons. The smallest absolute Gasteiger partial charge is 0.278 e. The largest absolute Gasteiger partial charge is 0.385 e. The molecule has 35 heavy (non-hydrogen) atoms. The van der Waals surface area contributed by atoms with E-state index in [-0.39, 0.29) is 29.3 Å². The number of carbonyl (C=O) groups excluding carboxylic acids is 1. The molecule has 1 fully saturated rings. The van der Waals surface area contributed by atoms with Crippen molar-refractivity contribution in [3.05, 3.63) is 70.7 Å². The summed E-state index contributed by atoms with van der Waals surface area (Å²) in [5.41, 5.74) is 3.02. The summed E-state index contributed by atoms with van der Waals surface area (Å²) in [6.45, 7) is 1.89. The van der Waals surface area contributed by atoms with Crippen molar-refractivity contribution >= 4 is 28.7 Å². The lowest BCUT2D eigenvalue weighted by molar-refractivity contribution is 0.00718. The van der Waals surface area contributed by atoms with Crippen LogP contribution in [-0.2, 0) is 4.74 Å². The van der Waals surface area contributed by atoms with Gasteiger partial charge < -0.3 is 20.7 Å². The molecule has 1 aliphatic rings. The third kappa shape index (κ3) is 4.21. The van der Waals surface area contributed by atoms with Crippen molar-refractivity contribution in [2.45, 2.75) is 31.9 Å². The van der Waals surface area contributed by atoms with Crippen LogP contribution in [0.4, 0.5) is 17.2 Å². The summed E-state index contributed by atoms with van der Waals surface area (Å²) in [6.07, 6.45) is 6.61. The van der Waals surface area contributed by atoms with E-state index in [9.17, 15) is 9.59 Å². The van der Waals surface area contributed by atoms with E-state index in [2.05, 4.69) is 31.0 Å². The van der Waals surface area contributed by atoms with E-state index in [0.29, 0.717) is 28.5 Å². The Hall–Kier alpha value is -4.25. The third-order valence-electron chi connectivity index (χ3n) is 6.18. The fourth-order valence-corrected chi connectivity index (χ4v) is 4.06. The molecule has 0 aliphatic heterocycles. The monoisotopic (exact) mass is 474 g/mol. The molecule has 3 N–H and O–H groups in total. The number of methoxy groups -OCH3 is 1. The van der Waals surface area contributed by atoms with Crippen molar-refractivity contribution in [3.63, 3.8) is 0 Å². The predicted octanol–water partition coefficient (Wildman–Crippen LogP) is 2.28. The number of carbonyl (C=O) groups is 1. The first-order chi connectivity index (χ1) is 17.0. The van der Waals surface area contributed by atoms with E-state index in [1.54, 1.807) is 44.8 Å². The minimum atomic E-state index is -0.287. The number of imidazole rings is 1. The maximum atomic E-state index is 13.2. The fourth-order valence-electron chi connectivity index (χ4n) is 4.06. The Balaban J connectivity index is 1.48. The number of pyridine rings is 2. The maximum Gasteiger partial charge on any atom is 0.278 e. The molecule has 4 aromatic rings. The van der Waals surface area contributed by atoms with E-state index in [1.807, 2.05) is 19.1 Å². The summed E-state index contributed by atoms with van der Waals surface area (Å²) >= 11 is 0. The molecule has 11 heteroatoms. The van der Waals surface area contributed by atoms with Crippen LogP contribution in [0.1, 0.15) is 29.0 Å². The van der Waals surface area contributed by atoms with Crippen LogP contribution in [0.2, 0.25) is 0 Å². The molecule has 2 atom stereocenters. The predicted molar refractivity (Wildman–Crippen MR) is 132 cm³/mol. The number of aryl methyl sites for hydroxylation is 1. The molecule has 0 saturated heterocycles. The number of ether oxygens (including phenoxy) is 1. The second-order valence-corrected chi connectivity index (χ2v) is 8.38. The number of aromatic nitrogens is 5. The highest BCUT2D eigenvalue weighted by Gasteiger charge is 2.33. The van der Waals surface area contributed by atoms with Gasteiger partial charge in [-0.15, -0.1) is 5.10 Å². The summed E-state index contributed by atoms with van der Waals surface area (Å²) in [5, 5.41) is 13.7. The Kier molecular flexibility index (Phi) is 5.91. The van der Waals surface area contributed by atoms with Crippen LogP contribution in [0, 0.1) is 6.92 Å². The lowest BCUT2D eigenvalue weighted by Crippen LogP contribution is -2.51. The average molecular weight is 475 g/mol. The highest BCUT2D eigenvalue weighted by atomic mass is 16.5. The highest BCUT2D eigenvalue weighted by molar-refractivity contribution is 5.94. The van der Waals surface area contributed by atoms with Crippen LogP contribution in [0.25, 0.3) is 11.3 Å². The number of hydrogen-bond acceptors (Lipinski definition) is 8. The zero-order chi connectivity index (χ0) is 24.5. The summed E-state index contributed by atoms with van der Waals surface area (Å²) in [6, 6.07) is 8.82. The van der Waals surface area contributed by atoms with Crippen molar-refractivity contribution in [1.29, 1.82) is 0 Å². The minimum Gasteiger partial charge on any atom is -0.385 e. The Morgan fingerprint density at radius 1 is 1.14 bits per heavy atom. The second kappa shape index (κ2) is 9.18. The van der Waals surface area contributed by atoms with Gasteiger partial charge in [0.2, 0.25) is 0 Å². The van der Waals surface area contributed by atoms with Gasteiger partial charge in [0.1, 0.15) is 5.69 Å². The second-order valence-electron chi connectivity index (χ2n) is 8.38. The molecule has 4 heterocycles. The topological polar surface area (TPSA) is 127 Å². The van der Waals surface area contributed by atoms with E-state index in [0.717, 1.165) is 18.5 Å². The molecule has 180 valence electrons. The first-order valence-corrected chi connectivity index (χ1v) is 11.3. The van der Waals surface area contributed by atoms with Crippen LogP contribution < -0.4 is 21.5 Å². The van der Waals surface area contributed by atoms with E-state index in [1.165, 1.54) is 15.3 Å². The van der Waals surface area contributed by atoms with Gasteiger partial charge in [0, 0.05) is 32.1 Å². The van der Waals surface area contributed by atoms with Gasteiger partial charge in [0.05, 0.1) is 35.9 Å². The van der Waals surface area contributed by atoms with Gasteiger partial charge in [0.25, 0.3) is 11.5 Å². The molecule has 1 unspecified atom stereocenters. The highest BCUT2D eigenvalue weighted by Crippen LogP contribution is 2.24. The van der Waals surface area contributed by atoms with Crippen LogP contribution in [0.5, 0.6) is 0 Å². The number of nitrogens with zero attached hydrogens (tertiary/aromatic N) is 5. The Morgan fingerprint density at radius 3 is 2.69 bits per heavy atom. The lowest BCUT2D eigenvalue weighted by atomic mass is 9.89. The zero-order valence-corrected chi connectivity index (χ0v) is 19.6. The number of rotatable bonds is 7. The lowest BCUT2D eigenvalue weighted by Gasteiger charge is -2.35. The van der Waals surface area contributed by atoms with Gasteiger partial charge in [-0.1, -0.05) is 0 Å². The number of anilines is 3. The Labute approximate surface area is 201 Å². The van der Waals surface area contributed by atoms with Crippen molar-refractivity contribution in [1.82, 2.24) is 29.5 Å². The summed E-state index contributed by atoms with van der Waals surface area (Å²) in [4.78, 5) is 34.8. The number of fused-ring (bicyclic) bond motifs is 1. The SMILES string of the molecule is CNc1cc(Nc2cccn(-c3ccc(C)nc3)c2=O)nn2c(C(=O)NC3CC[C@H]3OC)cnc12. The van der Waals surface area contributed by atoms with Crippen LogP contribution in [0.15, 0.2) is 53.7 Å². The van der Waals surface area contributed by atoms with Gasteiger partial charge in [-0.2, -0.15) is 0 Å². The van der Waals surface area contributed by atoms with Gasteiger partial charge in [-0.25, -0.2) is 9.50 Å². The van der Waals surface area contributed by atoms with Crippen molar-refractivity contribution < 1.29 is 9.53 Å². The Bertz CT molecular complexity index is 1440. The normalized spacial score (nSPS) is 17.1. The van der Waals surface area contributed by atoms with Crippen molar-refractivity contribution in [2.24, 2.45) is 0 Å². The molecule has 1 saturated carbocycles. The molecular formula is C24H26N8O3. The Morgan fingerprint density at radius 2 is 2.00 bits per heavy atom. The number of hydrogen-bond donors (Lipinski definition) is 3. The molecule has 0 aromatic carbocycles. The van der Waals surface area contributed by atoms with Gasteiger partial charge in [-0.3, -0.25) is 19.1 Å². The standard InChI is InChI=1S/C24H26N8O3/c1-14-6-7-15(12-26-14)31-10-4-5-17(24(31)34)28-21-11-18(25-2)22-27-13-19(32(22)30-21)23(33)29-16-8-9-20(16)35-3/h4-7,10-13,16,20,25H,8-9H2,1-3H3,(H,28,30)(H,29,33)/t16?,20-/m1/s1. The summed E-state index contributed by atoms with van der Waals surface area (Å²) in [7, 11) is 3.40. The van der Waals surface area contributed by atoms with Crippen molar-refractivity contribution in [3.8, 4) is 5.69 Å². The first kappa shape index (κ1) is 22.5. The van der Waals surface area contributed by atoms with E-state index in [4.69, 9.17) is 4.74 Å². The molecule has 1 amide bonds. The molecular weight excluding hydrogens is 448 g/mol. The minimum absolute atomic E-state index is 0.0140. The number of nitrogens with one attached hydrogen (secondary N) is 3. The zero-order valence-electron chi connectivity index (χ0n) is 19.6. The van der Waals surface area contributed by atoms with Gasteiger partial charge >= 0.3 is 0 Å². The maximum absolute atomic E-state index is 13.2. The van der Waals surface area contributed by atoms with Crippen LogP contribution in [0.3, 0.4) is 0 Å². The van der Waals surface area contributed by atoms with E-state index < -0.39 is 0 Å². The molecule has 5 rings (SSSR count). The number of amides is 1. The molecule has 1 aliphatic carbocycles. The molecule has 0 bridgehead atoms. The van der Waals surface area contributed by atoms with E-state index >= 15 is 0 Å².